The minimum Gasteiger partial charge on any atom is -0.355 e. The molecule has 3 rings (SSSR count). The van der Waals surface area contributed by atoms with Crippen LogP contribution < -0.4 is 16.0 Å². The molecule has 7 heteroatoms. The lowest BCUT2D eigenvalue weighted by Crippen LogP contribution is -2.33. The van der Waals surface area contributed by atoms with Gasteiger partial charge in [-0.15, -0.1) is 0 Å². The quantitative estimate of drug-likeness (QED) is 0.540. The number of anilines is 2. The number of hydrogen-bond acceptors (Lipinski definition) is 5. The number of rotatable bonds is 7. The predicted octanol–water partition coefficient (Wildman–Crippen LogP) is 3.06. The van der Waals surface area contributed by atoms with E-state index in [1.165, 1.54) is 6.92 Å². The Morgan fingerprint density at radius 3 is 2.41 bits per heavy atom. The van der Waals surface area contributed by atoms with Crippen LogP contribution in [-0.2, 0) is 4.79 Å². The Morgan fingerprint density at radius 2 is 1.66 bits per heavy atom. The third kappa shape index (κ3) is 5.87. The molecule has 0 saturated heterocycles. The van der Waals surface area contributed by atoms with Gasteiger partial charge in [0, 0.05) is 42.9 Å². The van der Waals surface area contributed by atoms with Crippen LogP contribution in [0.4, 0.5) is 11.5 Å². The molecule has 0 fully saturated rings. The topological polar surface area (TPSA) is 96.0 Å². The van der Waals surface area contributed by atoms with E-state index in [-0.39, 0.29) is 11.8 Å². The average Bonchev–Trinajstić information content (AvgIpc) is 2.71. The Balaban J connectivity index is 1.71. The molecule has 3 aromatic rings. The molecule has 0 aliphatic carbocycles. The Morgan fingerprint density at radius 1 is 0.897 bits per heavy atom. The van der Waals surface area contributed by atoms with E-state index >= 15 is 0 Å². The molecule has 2 aromatic carbocycles. The van der Waals surface area contributed by atoms with E-state index in [1.807, 2.05) is 49.4 Å². The van der Waals surface area contributed by atoms with Gasteiger partial charge < -0.3 is 16.0 Å². The van der Waals surface area contributed by atoms with E-state index in [1.54, 1.807) is 18.2 Å². The van der Waals surface area contributed by atoms with E-state index in [0.717, 1.165) is 16.9 Å². The number of amides is 2. The number of aryl methyl sites for hydroxylation is 1. The fourth-order valence-corrected chi connectivity index (χ4v) is 2.79. The maximum atomic E-state index is 12.3. The van der Waals surface area contributed by atoms with Gasteiger partial charge in [0.2, 0.25) is 5.91 Å². The third-order valence-electron chi connectivity index (χ3n) is 4.09. The van der Waals surface area contributed by atoms with Gasteiger partial charge in [-0.1, -0.05) is 36.4 Å². The van der Waals surface area contributed by atoms with Gasteiger partial charge in [-0.05, 0) is 25.1 Å². The van der Waals surface area contributed by atoms with Crippen molar-refractivity contribution in [1.82, 2.24) is 20.6 Å². The van der Waals surface area contributed by atoms with Crippen molar-refractivity contribution in [2.45, 2.75) is 13.8 Å². The second kappa shape index (κ2) is 9.45. The van der Waals surface area contributed by atoms with Crippen LogP contribution in [0.1, 0.15) is 23.1 Å². The summed E-state index contributed by atoms with van der Waals surface area (Å²) >= 11 is 0. The molecule has 0 aliphatic rings. The average molecular weight is 389 g/mol. The van der Waals surface area contributed by atoms with Crippen molar-refractivity contribution in [3.05, 3.63) is 72.1 Å². The van der Waals surface area contributed by atoms with Crippen LogP contribution in [0.15, 0.2) is 60.7 Å². The molecule has 0 atom stereocenters. The molecule has 1 heterocycles. The molecule has 29 heavy (non-hydrogen) atoms. The Kier molecular flexibility index (Phi) is 6.52. The second-order valence-corrected chi connectivity index (χ2v) is 6.50. The monoisotopic (exact) mass is 389 g/mol. The standard InChI is InChI=1S/C22H23N5O2/c1-15-25-20(17-7-4-3-5-8-17)14-21(26-15)27-19-10-6-9-18(13-19)22(29)24-12-11-23-16(2)28/h3-10,13-14H,11-12H2,1-2H3,(H,23,28)(H,24,29)(H,25,26,27). The predicted molar refractivity (Wildman–Crippen MR) is 113 cm³/mol. The molecule has 0 saturated carbocycles. The van der Waals surface area contributed by atoms with Crippen LogP contribution in [0, 0.1) is 6.92 Å². The lowest BCUT2D eigenvalue weighted by Gasteiger charge is -2.11. The number of nitrogens with one attached hydrogen (secondary N) is 3. The first-order valence-corrected chi connectivity index (χ1v) is 9.32. The van der Waals surface area contributed by atoms with E-state index in [4.69, 9.17) is 0 Å². The number of benzene rings is 2. The number of carbonyl (C=O) groups is 2. The first-order valence-electron chi connectivity index (χ1n) is 9.32. The largest absolute Gasteiger partial charge is 0.355 e. The van der Waals surface area contributed by atoms with Gasteiger partial charge in [0.25, 0.3) is 5.91 Å². The number of aromatic nitrogens is 2. The van der Waals surface area contributed by atoms with Crippen LogP contribution in [0.2, 0.25) is 0 Å². The molecule has 0 unspecified atom stereocenters. The van der Waals surface area contributed by atoms with Gasteiger partial charge in [0.05, 0.1) is 5.69 Å². The van der Waals surface area contributed by atoms with Gasteiger partial charge >= 0.3 is 0 Å². The minimum absolute atomic E-state index is 0.125. The molecule has 2 amide bonds. The molecule has 0 spiro atoms. The minimum atomic E-state index is -0.206. The highest BCUT2D eigenvalue weighted by Gasteiger charge is 2.08. The highest BCUT2D eigenvalue weighted by Crippen LogP contribution is 2.22. The van der Waals surface area contributed by atoms with Gasteiger partial charge in [0.1, 0.15) is 11.6 Å². The molecular weight excluding hydrogens is 366 g/mol. The van der Waals surface area contributed by atoms with Crippen LogP contribution in [0.25, 0.3) is 11.3 Å². The maximum Gasteiger partial charge on any atom is 0.251 e. The van der Waals surface area contributed by atoms with Crippen LogP contribution in [-0.4, -0.2) is 34.9 Å². The fraction of sp³-hybridized carbons (Fsp3) is 0.182. The van der Waals surface area contributed by atoms with Crippen molar-refractivity contribution in [3.8, 4) is 11.3 Å². The summed E-state index contributed by atoms with van der Waals surface area (Å²) < 4.78 is 0. The summed E-state index contributed by atoms with van der Waals surface area (Å²) in [4.78, 5) is 32.1. The summed E-state index contributed by atoms with van der Waals surface area (Å²) in [5.74, 6) is 0.976. The summed E-state index contributed by atoms with van der Waals surface area (Å²) in [5, 5.41) is 8.66. The fourth-order valence-electron chi connectivity index (χ4n) is 2.79. The highest BCUT2D eigenvalue weighted by molar-refractivity contribution is 5.95. The van der Waals surface area contributed by atoms with Gasteiger partial charge in [-0.3, -0.25) is 9.59 Å². The first-order chi connectivity index (χ1) is 14.0. The number of hydrogen-bond donors (Lipinski definition) is 3. The van der Waals surface area contributed by atoms with E-state index < -0.39 is 0 Å². The lowest BCUT2D eigenvalue weighted by molar-refractivity contribution is -0.118. The molecule has 148 valence electrons. The molecule has 0 aliphatic heterocycles. The summed E-state index contributed by atoms with van der Waals surface area (Å²) in [6.45, 7) is 4.04. The first kappa shape index (κ1) is 20.0. The molecular formula is C22H23N5O2. The van der Waals surface area contributed by atoms with Gasteiger partial charge in [-0.25, -0.2) is 9.97 Å². The van der Waals surface area contributed by atoms with Crippen LogP contribution >= 0.6 is 0 Å². The van der Waals surface area contributed by atoms with Crippen LogP contribution in [0.5, 0.6) is 0 Å². The number of carbonyl (C=O) groups excluding carboxylic acids is 2. The van der Waals surface area contributed by atoms with E-state index in [0.29, 0.717) is 30.3 Å². The lowest BCUT2D eigenvalue weighted by atomic mass is 10.1. The van der Waals surface area contributed by atoms with Crippen molar-refractivity contribution in [1.29, 1.82) is 0 Å². The molecule has 0 radical (unpaired) electrons. The normalized spacial score (nSPS) is 10.3. The smallest absolute Gasteiger partial charge is 0.251 e. The highest BCUT2D eigenvalue weighted by atomic mass is 16.2. The number of nitrogens with zero attached hydrogens (tertiary/aromatic N) is 2. The van der Waals surface area contributed by atoms with Crippen molar-refractivity contribution in [2.24, 2.45) is 0 Å². The zero-order valence-electron chi connectivity index (χ0n) is 16.4. The molecule has 3 N–H and O–H groups in total. The molecule has 1 aromatic heterocycles. The molecule has 7 nitrogen and oxygen atoms in total. The summed E-state index contributed by atoms with van der Waals surface area (Å²) in [5.41, 5.74) is 3.10. The van der Waals surface area contributed by atoms with Gasteiger partial charge in [0.15, 0.2) is 0 Å². The van der Waals surface area contributed by atoms with E-state index in [2.05, 4.69) is 25.9 Å². The Labute approximate surface area is 169 Å². The Bertz CT molecular complexity index is 1010. The van der Waals surface area contributed by atoms with Crippen molar-refractivity contribution in [3.63, 3.8) is 0 Å². The second-order valence-electron chi connectivity index (χ2n) is 6.50. The maximum absolute atomic E-state index is 12.3. The van der Waals surface area contributed by atoms with Crippen LogP contribution in [0.3, 0.4) is 0 Å². The summed E-state index contributed by atoms with van der Waals surface area (Å²) in [7, 11) is 0. The zero-order chi connectivity index (χ0) is 20.6. The third-order valence-corrected chi connectivity index (χ3v) is 4.09. The summed E-state index contributed by atoms with van der Waals surface area (Å²) in [6, 6.07) is 18.9. The van der Waals surface area contributed by atoms with Crippen molar-refractivity contribution >= 4 is 23.3 Å². The van der Waals surface area contributed by atoms with Crippen molar-refractivity contribution < 1.29 is 9.59 Å². The van der Waals surface area contributed by atoms with Crippen molar-refractivity contribution in [2.75, 3.05) is 18.4 Å². The van der Waals surface area contributed by atoms with E-state index in [9.17, 15) is 9.59 Å². The van der Waals surface area contributed by atoms with Gasteiger partial charge in [-0.2, -0.15) is 0 Å². The summed E-state index contributed by atoms with van der Waals surface area (Å²) in [6.07, 6.45) is 0. The SMILES string of the molecule is CC(=O)NCCNC(=O)c1cccc(Nc2cc(-c3ccccc3)nc(C)n2)c1. The molecule has 0 bridgehead atoms. The Hall–Kier alpha value is -3.74. The zero-order valence-corrected chi connectivity index (χ0v) is 16.4.